The van der Waals surface area contributed by atoms with Crippen LogP contribution in [0.2, 0.25) is 0 Å². The van der Waals surface area contributed by atoms with Crippen molar-refractivity contribution >= 4 is 47.0 Å². The summed E-state index contributed by atoms with van der Waals surface area (Å²) in [7, 11) is 0. The van der Waals surface area contributed by atoms with Gasteiger partial charge in [-0.25, -0.2) is 14.4 Å². The second kappa shape index (κ2) is 16.2. The summed E-state index contributed by atoms with van der Waals surface area (Å²) in [4.78, 5) is 69.6. The monoisotopic (exact) mass is 692 g/mol. The summed E-state index contributed by atoms with van der Waals surface area (Å²) in [5.41, 5.74) is -0.854. The topological polar surface area (TPSA) is 152 Å². The van der Waals surface area contributed by atoms with Gasteiger partial charge in [-0.15, -0.1) is 0 Å². The number of hydrogen-bond donors (Lipinski definition) is 3. The van der Waals surface area contributed by atoms with Crippen LogP contribution in [0.1, 0.15) is 98.9 Å². The molecule has 0 spiro atoms. The number of anilines is 3. The van der Waals surface area contributed by atoms with Crippen LogP contribution in [0.15, 0.2) is 60.3 Å². The summed E-state index contributed by atoms with van der Waals surface area (Å²) >= 11 is 0. The quantitative estimate of drug-likeness (QED) is 0.137. The maximum Gasteiger partial charge on any atom is 0.412 e. The molecule has 2 unspecified atom stereocenters. The van der Waals surface area contributed by atoms with Crippen LogP contribution in [-0.2, 0) is 23.8 Å². The molecule has 3 N–H and O–H groups in total. The zero-order valence-electron chi connectivity index (χ0n) is 30.9. The average molecular weight is 693 g/mol. The van der Waals surface area contributed by atoms with Gasteiger partial charge in [0, 0.05) is 5.70 Å². The molecule has 4 amide bonds. The number of nitrogens with one attached hydrogen (secondary N) is 3. The maximum atomic E-state index is 14.8. The first-order valence-electron chi connectivity index (χ1n) is 16.9. The molecule has 0 radical (unpaired) electrons. The van der Waals surface area contributed by atoms with Gasteiger partial charge in [0.2, 0.25) is 6.04 Å². The van der Waals surface area contributed by atoms with Crippen LogP contribution in [-0.4, -0.2) is 53.8 Å². The van der Waals surface area contributed by atoms with Gasteiger partial charge >= 0.3 is 18.2 Å². The Hall–Kier alpha value is -4.87. The van der Waals surface area contributed by atoms with Crippen molar-refractivity contribution in [1.82, 2.24) is 5.32 Å². The second-order valence-electron chi connectivity index (χ2n) is 15.2. The number of carbonyl (C=O) groups is 5. The van der Waals surface area contributed by atoms with E-state index in [0.29, 0.717) is 18.0 Å². The Balaban J connectivity index is 2.18. The van der Waals surface area contributed by atoms with Crippen LogP contribution in [0.4, 0.5) is 26.7 Å². The third kappa shape index (κ3) is 11.3. The highest BCUT2D eigenvalue weighted by Crippen LogP contribution is 2.37. The molecule has 0 heterocycles. The molecule has 2 atom stereocenters. The number of benzene rings is 2. The van der Waals surface area contributed by atoms with Crippen LogP contribution in [0.5, 0.6) is 0 Å². The van der Waals surface area contributed by atoms with E-state index in [1.807, 2.05) is 6.08 Å². The van der Waals surface area contributed by atoms with Gasteiger partial charge in [-0.1, -0.05) is 51.1 Å². The van der Waals surface area contributed by atoms with E-state index in [0.717, 1.165) is 17.7 Å². The van der Waals surface area contributed by atoms with Crippen molar-refractivity contribution in [3.05, 3.63) is 65.9 Å². The van der Waals surface area contributed by atoms with Gasteiger partial charge in [0.25, 0.3) is 11.8 Å². The Bertz CT molecular complexity index is 1600. The number of amides is 4. The number of hydrogen-bond acceptors (Lipinski definition) is 8. The molecule has 1 aliphatic carbocycles. The number of ether oxygens (including phenoxy) is 3. The molecular weight excluding hydrogens is 640 g/mol. The average Bonchev–Trinajstić information content (AvgIpc) is 2.98. The highest BCUT2D eigenvalue weighted by atomic mass is 16.6. The third-order valence-electron chi connectivity index (χ3n) is 7.75. The SMILES string of the molecule is CCOC(=O)C(C(=O)NC1=CCC(C(C)(C)C)CC1)N(C(=O)c1ccccc1NC(=O)OC(C)(C)C)c1ccccc1NC(=O)OC(C)(C)C. The lowest BCUT2D eigenvalue weighted by atomic mass is 9.74. The van der Waals surface area contributed by atoms with E-state index in [9.17, 15) is 24.0 Å². The Morgan fingerprint density at radius 1 is 0.780 bits per heavy atom. The van der Waals surface area contributed by atoms with Gasteiger partial charge in [-0.05, 0) is 103 Å². The number of esters is 1. The number of rotatable bonds is 9. The number of nitrogens with zero attached hydrogens (tertiary/aromatic N) is 1. The van der Waals surface area contributed by atoms with Crippen molar-refractivity contribution in [2.45, 2.75) is 106 Å². The largest absolute Gasteiger partial charge is 0.464 e. The standard InChI is InChI=1S/C38H52N4O8/c1-11-48-33(45)30(31(43)39-25-22-20-24(21-23-25)36(2,3)4)42(29-19-15-14-18-28(29)41-35(47)50-38(8,9)10)32(44)26-16-12-13-17-27(26)40-34(46)49-37(5,6)7/h12-19,22,24,30H,11,20-21,23H2,1-10H3,(H,39,43)(H,40,46)(H,41,47). The van der Waals surface area contributed by atoms with Crippen molar-refractivity contribution in [3.8, 4) is 0 Å². The lowest BCUT2D eigenvalue weighted by Gasteiger charge is -2.34. The minimum absolute atomic E-state index is 0.00838. The van der Waals surface area contributed by atoms with Crippen molar-refractivity contribution in [3.63, 3.8) is 0 Å². The van der Waals surface area contributed by atoms with Gasteiger partial charge in [-0.2, -0.15) is 0 Å². The molecule has 50 heavy (non-hydrogen) atoms. The van der Waals surface area contributed by atoms with Crippen molar-refractivity contribution in [2.24, 2.45) is 11.3 Å². The Morgan fingerprint density at radius 3 is 1.84 bits per heavy atom. The van der Waals surface area contributed by atoms with Crippen molar-refractivity contribution in [1.29, 1.82) is 0 Å². The zero-order chi connectivity index (χ0) is 37.4. The molecule has 0 aliphatic heterocycles. The highest BCUT2D eigenvalue weighted by molar-refractivity contribution is 6.20. The third-order valence-corrected chi connectivity index (χ3v) is 7.75. The van der Waals surface area contributed by atoms with Gasteiger partial charge in [0.15, 0.2) is 0 Å². The Kier molecular flexibility index (Phi) is 12.8. The molecular formula is C38H52N4O8. The molecule has 272 valence electrons. The minimum Gasteiger partial charge on any atom is -0.464 e. The van der Waals surface area contributed by atoms with Crippen LogP contribution in [0, 0.1) is 11.3 Å². The van der Waals surface area contributed by atoms with Crippen molar-refractivity contribution in [2.75, 3.05) is 22.1 Å². The first-order chi connectivity index (χ1) is 23.2. The zero-order valence-corrected chi connectivity index (χ0v) is 30.9. The van der Waals surface area contributed by atoms with E-state index in [-0.39, 0.29) is 34.6 Å². The summed E-state index contributed by atoms with van der Waals surface area (Å²) in [6.45, 7) is 18.3. The van der Waals surface area contributed by atoms with Gasteiger partial charge < -0.3 is 19.5 Å². The van der Waals surface area contributed by atoms with E-state index in [1.165, 1.54) is 24.3 Å². The predicted octanol–water partition coefficient (Wildman–Crippen LogP) is 7.81. The Labute approximate surface area is 295 Å². The molecule has 12 nitrogen and oxygen atoms in total. The number of para-hydroxylation sites is 3. The summed E-state index contributed by atoms with van der Waals surface area (Å²) in [6, 6.07) is 10.5. The minimum atomic E-state index is -1.85. The molecule has 0 aromatic heterocycles. The molecule has 2 aromatic rings. The second-order valence-corrected chi connectivity index (χ2v) is 15.2. The van der Waals surface area contributed by atoms with E-state index in [2.05, 4.69) is 36.7 Å². The van der Waals surface area contributed by atoms with E-state index < -0.39 is 47.2 Å². The van der Waals surface area contributed by atoms with Gasteiger partial charge in [-0.3, -0.25) is 25.1 Å². The summed E-state index contributed by atoms with van der Waals surface area (Å²) in [5, 5.41) is 8.14. The van der Waals surface area contributed by atoms with Crippen molar-refractivity contribution < 1.29 is 38.2 Å². The molecule has 2 aromatic carbocycles. The smallest absolute Gasteiger partial charge is 0.412 e. The Morgan fingerprint density at radius 2 is 1.32 bits per heavy atom. The first kappa shape index (κ1) is 39.6. The fourth-order valence-corrected chi connectivity index (χ4v) is 5.40. The van der Waals surface area contributed by atoms with Crippen LogP contribution in [0.25, 0.3) is 0 Å². The molecule has 1 aliphatic rings. The maximum absolute atomic E-state index is 14.8. The van der Waals surface area contributed by atoms with Gasteiger partial charge in [0.1, 0.15) is 11.2 Å². The molecule has 0 saturated carbocycles. The molecule has 0 saturated heterocycles. The number of allylic oxidation sites excluding steroid dienone is 2. The molecule has 12 heteroatoms. The number of carbonyl (C=O) groups excluding carboxylic acids is 5. The predicted molar refractivity (Wildman–Crippen MR) is 193 cm³/mol. The molecule has 0 bridgehead atoms. The summed E-state index contributed by atoms with van der Waals surface area (Å²) < 4.78 is 16.3. The first-order valence-corrected chi connectivity index (χ1v) is 16.9. The molecule has 3 rings (SSSR count). The van der Waals surface area contributed by atoms with Crippen LogP contribution < -0.4 is 20.9 Å². The van der Waals surface area contributed by atoms with E-state index >= 15 is 0 Å². The fraction of sp³-hybridized carbons (Fsp3) is 0.500. The summed E-state index contributed by atoms with van der Waals surface area (Å²) in [5.74, 6) is -2.23. The fourth-order valence-electron chi connectivity index (χ4n) is 5.40. The van der Waals surface area contributed by atoms with Gasteiger partial charge in [0.05, 0.1) is 29.2 Å². The van der Waals surface area contributed by atoms with Crippen LogP contribution >= 0.6 is 0 Å². The van der Waals surface area contributed by atoms with Crippen LogP contribution in [0.3, 0.4) is 0 Å². The summed E-state index contributed by atoms with van der Waals surface area (Å²) in [6.07, 6.45) is 2.45. The lowest BCUT2D eigenvalue weighted by molar-refractivity contribution is -0.147. The van der Waals surface area contributed by atoms with E-state index in [1.54, 1.807) is 72.7 Å². The molecule has 0 fully saturated rings. The lowest BCUT2D eigenvalue weighted by Crippen LogP contribution is -2.55. The highest BCUT2D eigenvalue weighted by Gasteiger charge is 2.41. The normalized spacial score (nSPS) is 15.5. The van der Waals surface area contributed by atoms with E-state index in [4.69, 9.17) is 14.2 Å².